The minimum atomic E-state index is -0.372. The normalized spacial score (nSPS) is 34.2. The summed E-state index contributed by atoms with van der Waals surface area (Å²) < 4.78 is 16.7. The van der Waals surface area contributed by atoms with Crippen LogP contribution in [0.15, 0.2) is 18.2 Å². The van der Waals surface area contributed by atoms with Crippen molar-refractivity contribution in [1.29, 1.82) is 0 Å². The molecule has 0 aliphatic heterocycles. The van der Waals surface area contributed by atoms with Crippen LogP contribution in [-0.2, 0) is 23.9 Å². The van der Waals surface area contributed by atoms with Crippen LogP contribution in [0.1, 0.15) is 82.9 Å². The predicted octanol–water partition coefficient (Wildman–Crippen LogP) is 4.46. The van der Waals surface area contributed by atoms with E-state index < -0.39 is 0 Å². The second-order valence-corrected chi connectivity index (χ2v) is 9.31. The van der Waals surface area contributed by atoms with Crippen LogP contribution >= 0.6 is 0 Å². The maximum atomic E-state index is 11.8. The van der Waals surface area contributed by atoms with Crippen molar-refractivity contribution in [3.05, 3.63) is 29.3 Å². The van der Waals surface area contributed by atoms with Crippen molar-refractivity contribution in [2.24, 2.45) is 17.3 Å². The molecule has 30 heavy (non-hydrogen) atoms. The van der Waals surface area contributed by atoms with Gasteiger partial charge in [-0.25, -0.2) is 0 Å². The van der Waals surface area contributed by atoms with Crippen molar-refractivity contribution in [2.45, 2.75) is 77.9 Å². The first-order valence-electron chi connectivity index (χ1n) is 10.9. The number of ether oxygens (including phenoxy) is 3. The summed E-state index contributed by atoms with van der Waals surface area (Å²) in [5, 5.41) is 0. The minimum Gasteiger partial charge on any atom is -0.462 e. The molecule has 1 aromatic carbocycles. The third kappa shape index (κ3) is 3.61. The van der Waals surface area contributed by atoms with E-state index >= 15 is 0 Å². The molecule has 0 radical (unpaired) electrons. The summed E-state index contributed by atoms with van der Waals surface area (Å²) in [6, 6.07) is 5.71. The average Bonchev–Trinajstić information content (AvgIpc) is 2.97. The number of carbonyl (C=O) groups is 3. The van der Waals surface area contributed by atoms with Gasteiger partial charge in [0, 0.05) is 26.2 Å². The molecule has 0 unspecified atom stereocenters. The zero-order chi connectivity index (χ0) is 21.6. The molecule has 2 saturated carbocycles. The second kappa shape index (κ2) is 7.71. The highest BCUT2D eigenvalue weighted by molar-refractivity contribution is 5.70. The van der Waals surface area contributed by atoms with Crippen LogP contribution in [0.25, 0.3) is 0 Å². The van der Waals surface area contributed by atoms with E-state index in [4.69, 9.17) is 14.2 Å². The quantitative estimate of drug-likeness (QED) is 0.537. The lowest BCUT2D eigenvalue weighted by Crippen LogP contribution is -2.45. The molecule has 0 heterocycles. The number of benzene rings is 1. The molecule has 0 saturated heterocycles. The molecule has 3 aliphatic carbocycles. The monoisotopic (exact) mass is 414 g/mol. The standard InChI is InChI=1S/C24H30O6/c1-13(25)28-16-5-6-17-18-9-10-24(4)21(7-8-23(24)30-15(3)27)19(18)12-22(20(17)11-16)29-14(2)26/h5-6,11,18-19,21-23H,7-10,12H2,1-4H3/t18-,19-,21-,22+,23+,24-/m1/s1. The molecule has 0 spiro atoms. The maximum Gasteiger partial charge on any atom is 0.308 e. The fraction of sp³-hybridized carbons (Fsp3) is 0.625. The molecule has 0 aromatic heterocycles. The fourth-order valence-corrected chi connectivity index (χ4v) is 6.43. The molecule has 1 aromatic rings. The van der Waals surface area contributed by atoms with E-state index in [0.717, 1.165) is 37.7 Å². The van der Waals surface area contributed by atoms with E-state index in [1.807, 2.05) is 18.2 Å². The van der Waals surface area contributed by atoms with Gasteiger partial charge >= 0.3 is 17.9 Å². The van der Waals surface area contributed by atoms with Gasteiger partial charge in [-0.1, -0.05) is 13.0 Å². The Morgan fingerprint density at radius 1 is 0.933 bits per heavy atom. The first-order chi connectivity index (χ1) is 14.2. The second-order valence-electron chi connectivity index (χ2n) is 9.31. The van der Waals surface area contributed by atoms with Crippen molar-refractivity contribution >= 4 is 17.9 Å². The van der Waals surface area contributed by atoms with E-state index in [2.05, 4.69) is 6.92 Å². The van der Waals surface area contributed by atoms with Crippen LogP contribution in [0.4, 0.5) is 0 Å². The summed E-state index contributed by atoms with van der Waals surface area (Å²) in [4.78, 5) is 34.9. The lowest BCUT2D eigenvalue weighted by Gasteiger charge is -2.51. The van der Waals surface area contributed by atoms with Gasteiger partial charge in [-0.05, 0) is 73.1 Å². The van der Waals surface area contributed by atoms with Crippen LogP contribution in [-0.4, -0.2) is 24.0 Å². The zero-order valence-electron chi connectivity index (χ0n) is 18.1. The van der Waals surface area contributed by atoms with E-state index in [-0.39, 0.29) is 35.5 Å². The molecular formula is C24H30O6. The summed E-state index contributed by atoms with van der Waals surface area (Å²) in [5.74, 6) is 0.726. The number of fused-ring (bicyclic) bond motifs is 5. The maximum absolute atomic E-state index is 11.8. The molecule has 6 heteroatoms. The average molecular weight is 414 g/mol. The summed E-state index contributed by atoms with van der Waals surface area (Å²) in [5.41, 5.74) is 2.10. The minimum absolute atomic E-state index is 0.0389. The van der Waals surface area contributed by atoms with Gasteiger partial charge in [0.2, 0.25) is 0 Å². The summed E-state index contributed by atoms with van der Waals surface area (Å²) in [6.45, 7) is 6.55. The van der Waals surface area contributed by atoms with E-state index in [0.29, 0.717) is 23.5 Å². The fourth-order valence-electron chi connectivity index (χ4n) is 6.43. The molecule has 4 rings (SSSR count). The summed E-state index contributed by atoms with van der Waals surface area (Å²) in [7, 11) is 0. The molecule has 0 amide bonds. The van der Waals surface area contributed by atoms with Crippen LogP contribution < -0.4 is 4.74 Å². The summed E-state index contributed by atoms with van der Waals surface area (Å²) in [6.07, 6.45) is 4.25. The van der Waals surface area contributed by atoms with E-state index in [9.17, 15) is 14.4 Å². The topological polar surface area (TPSA) is 78.9 Å². The molecule has 6 atom stereocenters. The van der Waals surface area contributed by atoms with Gasteiger partial charge in [0.25, 0.3) is 0 Å². The Hall–Kier alpha value is -2.37. The lowest BCUT2D eigenvalue weighted by molar-refractivity contribution is -0.157. The lowest BCUT2D eigenvalue weighted by atomic mass is 9.55. The predicted molar refractivity (Wildman–Crippen MR) is 109 cm³/mol. The molecule has 0 bridgehead atoms. The number of hydrogen-bond donors (Lipinski definition) is 0. The highest BCUT2D eigenvalue weighted by Crippen LogP contribution is 2.63. The van der Waals surface area contributed by atoms with Crippen LogP contribution in [0.5, 0.6) is 5.75 Å². The number of rotatable bonds is 3. The number of carbonyl (C=O) groups excluding carboxylic acids is 3. The van der Waals surface area contributed by atoms with E-state index in [1.54, 1.807) is 0 Å². The highest BCUT2D eigenvalue weighted by Gasteiger charge is 2.57. The van der Waals surface area contributed by atoms with Gasteiger partial charge in [0.15, 0.2) is 0 Å². The van der Waals surface area contributed by atoms with Gasteiger partial charge in [-0.3, -0.25) is 14.4 Å². The smallest absolute Gasteiger partial charge is 0.308 e. The van der Waals surface area contributed by atoms with Crippen LogP contribution in [0.3, 0.4) is 0 Å². The molecule has 162 valence electrons. The van der Waals surface area contributed by atoms with Gasteiger partial charge in [0.1, 0.15) is 18.0 Å². The number of esters is 3. The molecule has 0 N–H and O–H groups in total. The van der Waals surface area contributed by atoms with Crippen molar-refractivity contribution in [2.75, 3.05) is 0 Å². The Kier molecular flexibility index (Phi) is 5.37. The Morgan fingerprint density at radius 2 is 1.67 bits per heavy atom. The van der Waals surface area contributed by atoms with Gasteiger partial charge in [0.05, 0.1) is 0 Å². The van der Waals surface area contributed by atoms with Gasteiger partial charge < -0.3 is 14.2 Å². The molecule has 2 fully saturated rings. The van der Waals surface area contributed by atoms with Crippen molar-refractivity contribution in [1.82, 2.24) is 0 Å². The molecular weight excluding hydrogens is 384 g/mol. The Bertz CT molecular complexity index is 876. The molecule has 3 aliphatic rings. The Labute approximate surface area is 177 Å². The van der Waals surface area contributed by atoms with Crippen molar-refractivity contribution in [3.8, 4) is 5.75 Å². The van der Waals surface area contributed by atoms with E-state index in [1.165, 1.54) is 26.3 Å². The zero-order valence-corrected chi connectivity index (χ0v) is 18.1. The van der Waals surface area contributed by atoms with Crippen LogP contribution in [0, 0.1) is 17.3 Å². The third-order valence-electron chi connectivity index (χ3n) is 7.52. The molecule has 6 nitrogen and oxygen atoms in total. The van der Waals surface area contributed by atoms with Crippen molar-refractivity contribution in [3.63, 3.8) is 0 Å². The highest BCUT2D eigenvalue weighted by atomic mass is 16.5. The van der Waals surface area contributed by atoms with Gasteiger partial charge in [-0.2, -0.15) is 0 Å². The first kappa shape index (κ1) is 20.9. The van der Waals surface area contributed by atoms with Crippen molar-refractivity contribution < 1.29 is 28.6 Å². The number of hydrogen-bond acceptors (Lipinski definition) is 6. The third-order valence-corrected chi connectivity index (χ3v) is 7.52. The SMILES string of the molecule is CC(=O)Oc1ccc2c(c1)[C@@H](OC(C)=O)C[C@@H]1[C@@H]2CC[C@@]2(C)[C@@H](OC(C)=O)CC[C@H]12. The van der Waals surface area contributed by atoms with Gasteiger partial charge in [-0.15, -0.1) is 0 Å². The Balaban J connectivity index is 1.69. The van der Waals surface area contributed by atoms with Crippen LogP contribution in [0.2, 0.25) is 0 Å². The Morgan fingerprint density at radius 3 is 2.33 bits per heavy atom. The summed E-state index contributed by atoms with van der Waals surface area (Å²) >= 11 is 0. The first-order valence-corrected chi connectivity index (χ1v) is 10.9. The largest absolute Gasteiger partial charge is 0.462 e.